The molecule has 2 fully saturated rings. The Hall–Kier alpha value is -2.60. The first-order valence-electron chi connectivity index (χ1n) is 14.5. The predicted octanol–water partition coefficient (Wildman–Crippen LogP) is 10.0. The van der Waals surface area contributed by atoms with Crippen molar-refractivity contribution in [2.24, 2.45) is 11.8 Å². The molecule has 0 amide bonds. The lowest BCUT2D eigenvalue weighted by atomic mass is 9.89. The summed E-state index contributed by atoms with van der Waals surface area (Å²) < 4.78 is 13.5. The number of fused-ring (bicyclic) bond motifs is 2. The van der Waals surface area contributed by atoms with E-state index in [1.165, 1.54) is 52.9 Å². The van der Waals surface area contributed by atoms with Gasteiger partial charge in [0.2, 0.25) is 0 Å². The van der Waals surface area contributed by atoms with Crippen molar-refractivity contribution >= 4 is 50.4 Å². The highest BCUT2D eigenvalue weighted by Crippen LogP contribution is 2.31. The minimum absolute atomic E-state index is 0.326. The molecule has 2 saturated carbocycles. The molecule has 39 heavy (non-hydrogen) atoms. The summed E-state index contributed by atoms with van der Waals surface area (Å²) >= 11 is 2.39. The lowest BCUT2D eigenvalue weighted by molar-refractivity contribution is 0.112. The largest absolute Gasteiger partial charge is 0.490 e. The maximum absolute atomic E-state index is 11.1. The van der Waals surface area contributed by atoms with Crippen molar-refractivity contribution in [1.82, 2.24) is 0 Å². The monoisotopic (exact) mass is 634 g/mol. The Balaban J connectivity index is 0.000000158. The lowest BCUT2D eigenvalue weighted by Crippen LogP contribution is -2.22. The van der Waals surface area contributed by atoms with Crippen LogP contribution in [0.15, 0.2) is 72.8 Å². The number of carbonyl (C=O) groups is 1. The van der Waals surface area contributed by atoms with Gasteiger partial charge in [-0.15, -0.1) is 0 Å². The van der Waals surface area contributed by atoms with Crippen LogP contribution in [-0.4, -0.2) is 18.5 Å². The van der Waals surface area contributed by atoms with E-state index >= 15 is 0 Å². The van der Waals surface area contributed by atoms with Crippen molar-refractivity contribution in [3.63, 3.8) is 0 Å². The van der Waals surface area contributed by atoms with E-state index in [4.69, 9.17) is 9.47 Å². The van der Waals surface area contributed by atoms with Crippen LogP contribution in [0.4, 0.5) is 0 Å². The van der Waals surface area contributed by atoms with Gasteiger partial charge in [0.1, 0.15) is 11.5 Å². The zero-order valence-electron chi connectivity index (χ0n) is 23.1. The Morgan fingerprint density at radius 1 is 0.641 bits per heavy atom. The van der Waals surface area contributed by atoms with Crippen LogP contribution in [0, 0.1) is 15.4 Å². The van der Waals surface area contributed by atoms with E-state index in [1.807, 2.05) is 36.4 Å². The highest BCUT2D eigenvalue weighted by atomic mass is 127. The van der Waals surface area contributed by atoms with Gasteiger partial charge in [0.15, 0.2) is 6.29 Å². The van der Waals surface area contributed by atoms with E-state index < -0.39 is 0 Å². The molecule has 2 aliphatic carbocycles. The Morgan fingerprint density at radius 2 is 1.13 bits per heavy atom. The van der Waals surface area contributed by atoms with Gasteiger partial charge >= 0.3 is 0 Å². The van der Waals surface area contributed by atoms with Crippen molar-refractivity contribution in [2.75, 3.05) is 0 Å². The smallest absolute Gasteiger partial charge is 0.150 e. The molecule has 4 aromatic rings. The average molecular weight is 635 g/mol. The first kappa shape index (κ1) is 27.9. The molecule has 3 nitrogen and oxygen atoms in total. The number of aldehydes is 1. The molecule has 0 heterocycles. The first-order chi connectivity index (χ1) is 19.0. The van der Waals surface area contributed by atoms with Gasteiger partial charge in [-0.25, -0.2) is 0 Å². The van der Waals surface area contributed by atoms with Gasteiger partial charge in [0.25, 0.3) is 0 Å². The first-order valence-corrected chi connectivity index (χ1v) is 15.6. The Bertz CT molecular complexity index is 1400. The second-order valence-corrected chi connectivity index (χ2v) is 12.6. The Kier molecular flexibility index (Phi) is 9.44. The van der Waals surface area contributed by atoms with Crippen LogP contribution in [-0.2, 0) is 0 Å². The summed E-state index contributed by atoms with van der Waals surface area (Å²) in [5, 5.41) is 4.64. The zero-order chi connectivity index (χ0) is 27.2. The van der Waals surface area contributed by atoms with Crippen LogP contribution in [0.5, 0.6) is 11.5 Å². The molecule has 4 aromatic carbocycles. The normalized spacial score (nSPS) is 23.1. The maximum Gasteiger partial charge on any atom is 0.150 e. The summed E-state index contributed by atoms with van der Waals surface area (Å²) in [6.45, 7) is 4.65. The van der Waals surface area contributed by atoms with Gasteiger partial charge in [-0.3, -0.25) is 4.79 Å². The Labute approximate surface area is 246 Å². The number of hydrogen-bond acceptors (Lipinski definition) is 3. The van der Waals surface area contributed by atoms with E-state index in [9.17, 15) is 4.79 Å². The van der Waals surface area contributed by atoms with Crippen LogP contribution < -0.4 is 9.47 Å². The van der Waals surface area contributed by atoms with E-state index in [1.54, 1.807) is 0 Å². The van der Waals surface area contributed by atoms with Gasteiger partial charge in [-0.2, -0.15) is 0 Å². The second kappa shape index (κ2) is 13.2. The highest BCUT2D eigenvalue weighted by molar-refractivity contribution is 14.1. The van der Waals surface area contributed by atoms with Crippen molar-refractivity contribution < 1.29 is 14.3 Å². The van der Waals surface area contributed by atoms with E-state index in [2.05, 4.69) is 72.8 Å². The van der Waals surface area contributed by atoms with E-state index in [0.717, 1.165) is 58.8 Å². The molecule has 0 unspecified atom stereocenters. The highest BCUT2D eigenvalue weighted by Gasteiger charge is 2.20. The molecule has 0 bridgehead atoms. The molecule has 0 atom stereocenters. The van der Waals surface area contributed by atoms with Crippen LogP contribution in [0.2, 0.25) is 0 Å². The summed E-state index contributed by atoms with van der Waals surface area (Å²) in [5.74, 6) is 3.60. The summed E-state index contributed by atoms with van der Waals surface area (Å²) in [6.07, 6.45) is 11.4. The van der Waals surface area contributed by atoms with E-state index in [-0.39, 0.29) is 0 Å². The van der Waals surface area contributed by atoms with Gasteiger partial charge in [0, 0.05) is 9.13 Å². The quantitative estimate of drug-likeness (QED) is 0.162. The van der Waals surface area contributed by atoms with Gasteiger partial charge in [-0.1, -0.05) is 56.3 Å². The fraction of sp³-hybridized carbons (Fsp3) is 0.400. The standard InChI is InChI=1S/C18H20O2.C17H19IO/c1-13-5-8-16(9-6-13)20-17-10-7-14-3-2-4-15(12-19)18(14)11-17;1-12-5-8-14(9-6-12)19-15-10-7-13-3-2-4-17(18)16(13)11-15/h2-4,7,10-13,16H,5-6,8-9H2,1H3;2-4,7,10-12,14H,5-6,8-9H2,1H3. The average Bonchev–Trinajstić information content (AvgIpc) is 2.96. The van der Waals surface area contributed by atoms with Crippen LogP contribution in [0.1, 0.15) is 75.6 Å². The third kappa shape index (κ3) is 7.33. The minimum Gasteiger partial charge on any atom is -0.490 e. The molecule has 2 aliphatic rings. The fourth-order valence-corrected chi connectivity index (χ4v) is 6.49. The van der Waals surface area contributed by atoms with Gasteiger partial charge < -0.3 is 9.47 Å². The topological polar surface area (TPSA) is 35.5 Å². The molecule has 4 heteroatoms. The molecule has 6 rings (SSSR count). The molecule has 0 radical (unpaired) electrons. The molecule has 204 valence electrons. The summed E-state index contributed by atoms with van der Waals surface area (Å²) in [4.78, 5) is 11.1. The minimum atomic E-state index is 0.326. The summed E-state index contributed by atoms with van der Waals surface area (Å²) in [6, 6.07) is 24.7. The third-order valence-corrected chi connectivity index (χ3v) is 9.29. The number of rotatable bonds is 5. The fourth-order valence-electron chi connectivity index (χ4n) is 5.82. The number of carbonyl (C=O) groups excluding carboxylic acids is 1. The summed E-state index contributed by atoms with van der Waals surface area (Å²) in [5.41, 5.74) is 0.727. The number of hydrogen-bond donors (Lipinski definition) is 0. The van der Waals surface area contributed by atoms with Crippen LogP contribution in [0.25, 0.3) is 21.5 Å². The van der Waals surface area contributed by atoms with E-state index in [0.29, 0.717) is 12.2 Å². The van der Waals surface area contributed by atoms with Crippen LogP contribution >= 0.6 is 22.6 Å². The third-order valence-electron chi connectivity index (χ3n) is 8.35. The number of ether oxygens (including phenoxy) is 2. The van der Waals surface area contributed by atoms with Crippen molar-refractivity contribution in [1.29, 1.82) is 0 Å². The zero-order valence-corrected chi connectivity index (χ0v) is 25.2. The molecule has 0 aliphatic heterocycles. The molecule has 0 aromatic heterocycles. The second-order valence-electron chi connectivity index (χ2n) is 11.5. The van der Waals surface area contributed by atoms with Crippen LogP contribution in [0.3, 0.4) is 0 Å². The van der Waals surface area contributed by atoms with Crippen molar-refractivity contribution in [3.05, 3.63) is 81.9 Å². The Morgan fingerprint density at radius 3 is 1.67 bits per heavy atom. The SMILES string of the molecule is CC1CCC(Oc2ccc3cccc(C=O)c3c2)CC1.CC1CCC(Oc2ccc3cccc(I)c3c2)CC1. The molecule has 0 N–H and O–H groups in total. The molecular weight excluding hydrogens is 595 g/mol. The lowest BCUT2D eigenvalue weighted by Gasteiger charge is -2.27. The molecule has 0 saturated heterocycles. The molecule has 0 spiro atoms. The van der Waals surface area contributed by atoms with Crippen molar-refractivity contribution in [2.45, 2.75) is 77.4 Å². The maximum atomic E-state index is 11.1. The van der Waals surface area contributed by atoms with Crippen molar-refractivity contribution in [3.8, 4) is 11.5 Å². The van der Waals surface area contributed by atoms with Gasteiger partial charge in [0.05, 0.1) is 12.2 Å². The summed E-state index contributed by atoms with van der Waals surface area (Å²) in [7, 11) is 0. The number of benzene rings is 4. The molecular formula is C35H39IO3. The van der Waals surface area contributed by atoms with Gasteiger partial charge in [-0.05, 0) is 138 Å². The predicted molar refractivity (Wildman–Crippen MR) is 170 cm³/mol. The number of halogens is 1.